The SMILES string of the molecule is CNCC(=O)NCC1(c2ccc(C(C)(C)C)cc2)CCC1. The van der Waals surface area contributed by atoms with Gasteiger partial charge in [0.2, 0.25) is 5.91 Å². The maximum atomic E-state index is 11.7. The molecule has 1 aliphatic rings. The molecule has 1 aliphatic carbocycles. The van der Waals surface area contributed by atoms with Crippen LogP contribution in [0.2, 0.25) is 0 Å². The summed E-state index contributed by atoms with van der Waals surface area (Å²) in [7, 11) is 1.80. The van der Waals surface area contributed by atoms with E-state index in [1.807, 2.05) is 0 Å². The molecule has 3 nitrogen and oxygen atoms in total. The topological polar surface area (TPSA) is 41.1 Å². The molecule has 0 aromatic heterocycles. The second-order valence-electron chi connectivity index (χ2n) is 7.27. The van der Waals surface area contributed by atoms with Gasteiger partial charge in [-0.05, 0) is 36.4 Å². The van der Waals surface area contributed by atoms with Gasteiger partial charge in [-0.2, -0.15) is 0 Å². The van der Waals surface area contributed by atoms with Crippen LogP contribution < -0.4 is 10.6 Å². The van der Waals surface area contributed by atoms with Gasteiger partial charge in [0.05, 0.1) is 6.54 Å². The number of nitrogens with one attached hydrogen (secondary N) is 2. The van der Waals surface area contributed by atoms with Crippen molar-refractivity contribution in [3.8, 4) is 0 Å². The van der Waals surface area contributed by atoms with Crippen molar-refractivity contribution in [1.82, 2.24) is 10.6 Å². The molecule has 1 amide bonds. The van der Waals surface area contributed by atoms with Crippen LogP contribution in [-0.4, -0.2) is 26.0 Å². The van der Waals surface area contributed by atoms with Crippen molar-refractivity contribution < 1.29 is 4.79 Å². The van der Waals surface area contributed by atoms with Crippen LogP contribution in [0, 0.1) is 0 Å². The van der Waals surface area contributed by atoms with E-state index < -0.39 is 0 Å². The highest BCUT2D eigenvalue weighted by molar-refractivity contribution is 5.78. The van der Waals surface area contributed by atoms with Gasteiger partial charge in [0.25, 0.3) is 0 Å². The zero-order valence-electron chi connectivity index (χ0n) is 13.8. The summed E-state index contributed by atoms with van der Waals surface area (Å²) in [4.78, 5) is 11.7. The Morgan fingerprint density at radius 1 is 1.19 bits per heavy atom. The van der Waals surface area contributed by atoms with Gasteiger partial charge >= 0.3 is 0 Å². The molecule has 0 spiro atoms. The van der Waals surface area contributed by atoms with Crippen LogP contribution in [0.4, 0.5) is 0 Å². The lowest BCUT2D eigenvalue weighted by Gasteiger charge is -2.43. The molecule has 1 fully saturated rings. The highest BCUT2D eigenvalue weighted by atomic mass is 16.1. The Labute approximate surface area is 128 Å². The number of hydrogen-bond donors (Lipinski definition) is 2. The fourth-order valence-corrected chi connectivity index (χ4v) is 2.99. The second-order valence-corrected chi connectivity index (χ2v) is 7.27. The van der Waals surface area contributed by atoms with Crippen molar-refractivity contribution in [2.24, 2.45) is 0 Å². The summed E-state index contributed by atoms with van der Waals surface area (Å²) >= 11 is 0. The van der Waals surface area contributed by atoms with E-state index >= 15 is 0 Å². The van der Waals surface area contributed by atoms with Gasteiger partial charge in [-0.25, -0.2) is 0 Å². The quantitative estimate of drug-likeness (QED) is 0.874. The molecule has 2 rings (SSSR count). The summed E-state index contributed by atoms with van der Waals surface area (Å²) in [6.07, 6.45) is 3.59. The van der Waals surface area contributed by atoms with Gasteiger partial charge in [0.1, 0.15) is 0 Å². The molecule has 21 heavy (non-hydrogen) atoms. The Balaban J connectivity index is 2.08. The van der Waals surface area contributed by atoms with Crippen LogP contribution in [0.15, 0.2) is 24.3 Å². The van der Waals surface area contributed by atoms with E-state index in [1.165, 1.54) is 30.4 Å². The lowest BCUT2D eigenvalue weighted by atomic mass is 9.64. The first kappa shape index (κ1) is 16.0. The molecule has 0 atom stereocenters. The maximum absolute atomic E-state index is 11.7. The van der Waals surface area contributed by atoms with E-state index in [4.69, 9.17) is 0 Å². The summed E-state index contributed by atoms with van der Waals surface area (Å²) in [5, 5.41) is 5.96. The molecule has 116 valence electrons. The summed E-state index contributed by atoms with van der Waals surface area (Å²) in [6, 6.07) is 8.99. The number of rotatable bonds is 5. The molecular formula is C18H28N2O. The zero-order chi connectivity index (χ0) is 15.5. The molecule has 1 aromatic rings. The Hall–Kier alpha value is -1.35. The standard InChI is InChI=1S/C18H28N2O/c1-17(2,3)14-6-8-15(9-7-14)18(10-5-11-18)13-20-16(21)12-19-4/h6-9,19H,5,10-13H2,1-4H3,(H,20,21). The van der Waals surface area contributed by atoms with Gasteiger partial charge in [-0.15, -0.1) is 0 Å². The summed E-state index contributed by atoms with van der Waals surface area (Å²) < 4.78 is 0. The highest BCUT2D eigenvalue weighted by Gasteiger charge is 2.38. The fourth-order valence-electron chi connectivity index (χ4n) is 2.99. The van der Waals surface area contributed by atoms with Crippen molar-refractivity contribution in [2.45, 2.75) is 50.9 Å². The van der Waals surface area contributed by atoms with Crippen molar-refractivity contribution >= 4 is 5.91 Å². The van der Waals surface area contributed by atoms with Crippen LogP contribution in [-0.2, 0) is 15.6 Å². The molecule has 0 saturated heterocycles. The maximum Gasteiger partial charge on any atom is 0.233 e. The lowest BCUT2D eigenvalue weighted by molar-refractivity contribution is -0.120. The van der Waals surface area contributed by atoms with Crippen molar-refractivity contribution in [2.75, 3.05) is 20.1 Å². The second kappa shape index (κ2) is 6.18. The molecule has 1 saturated carbocycles. The van der Waals surface area contributed by atoms with E-state index in [9.17, 15) is 4.79 Å². The average molecular weight is 288 g/mol. The van der Waals surface area contributed by atoms with Crippen molar-refractivity contribution in [3.63, 3.8) is 0 Å². The number of hydrogen-bond acceptors (Lipinski definition) is 2. The van der Waals surface area contributed by atoms with Gasteiger partial charge in [0.15, 0.2) is 0 Å². The third-order valence-electron chi connectivity index (χ3n) is 4.64. The first-order chi connectivity index (χ1) is 9.87. The van der Waals surface area contributed by atoms with Crippen LogP contribution in [0.5, 0.6) is 0 Å². The summed E-state index contributed by atoms with van der Waals surface area (Å²) in [6.45, 7) is 7.85. The molecule has 2 N–H and O–H groups in total. The minimum absolute atomic E-state index is 0.0788. The van der Waals surface area contributed by atoms with E-state index in [2.05, 4.69) is 55.7 Å². The zero-order valence-corrected chi connectivity index (χ0v) is 13.8. The van der Waals surface area contributed by atoms with E-state index in [0.29, 0.717) is 6.54 Å². The Bertz CT molecular complexity index is 481. The summed E-state index contributed by atoms with van der Waals surface area (Å²) in [5.41, 5.74) is 3.07. The molecule has 0 bridgehead atoms. The highest BCUT2D eigenvalue weighted by Crippen LogP contribution is 2.43. The number of likely N-dealkylation sites (N-methyl/N-ethyl adjacent to an activating group) is 1. The Morgan fingerprint density at radius 2 is 1.81 bits per heavy atom. The number of carbonyl (C=O) groups excluding carboxylic acids is 1. The van der Waals surface area contributed by atoms with E-state index in [0.717, 1.165) is 6.54 Å². The average Bonchev–Trinajstić information content (AvgIpc) is 2.37. The normalized spacial score (nSPS) is 17.1. The molecule has 3 heteroatoms. The number of amides is 1. The molecule has 0 heterocycles. The monoisotopic (exact) mass is 288 g/mol. The minimum Gasteiger partial charge on any atom is -0.354 e. The first-order valence-corrected chi connectivity index (χ1v) is 7.90. The van der Waals surface area contributed by atoms with E-state index in [-0.39, 0.29) is 16.7 Å². The van der Waals surface area contributed by atoms with Crippen LogP contribution >= 0.6 is 0 Å². The largest absolute Gasteiger partial charge is 0.354 e. The Kier molecular flexibility index (Phi) is 4.72. The van der Waals surface area contributed by atoms with Crippen molar-refractivity contribution in [3.05, 3.63) is 35.4 Å². The van der Waals surface area contributed by atoms with Crippen molar-refractivity contribution in [1.29, 1.82) is 0 Å². The number of carbonyl (C=O) groups is 1. The van der Waals surface area contributed by atoms with Gasteiger partial charge < -0.3 is 10.6 Å². The van der Waals surface area contributed by atoms with Crippen LogP contribution in [0.3, 0.4) is 0 Å². The van der Waals surface area contributed by atoms with Gasteiger partial charge in [-0.1, -0.05) is 51.5 Å². The van der Waals surface area contributed by atoms with E-state index in [1.54, 1.807) is 7.05 Å². The predicted octanol–water partition coefficient (Wildman–Crippen LogP) is 2.74. The van der Waals surface area contributed by atoms with Gasteiger partial charge in [-0.3, -0.25) is 4.79 Å². The fraction of sp³-hybridized carbons (Fsp3) is 0.611. The Morgan fingerprint density at radius 3 is 2.24 bits per heavy atom. The molecule has 0 unspecified atom stereocenters. The molecular weight excluding hydrogens is 260 g/mol. The smallest absolute Gasteiger partial charge is 0.233 e. The molecule has 0 radical (unpaired) electrons. The third kappa shape index (κ3) is 3.65. The van der Waals surface area contributed by atoms with Gasteiger partial charge in [0, 0.05) is 12.0 Å². The third-order valence-corrected chi connectivity index (χ3v) is 4.64. The van der Waals surface area contributed by atoms with Crippen LogP contribution in [0.25, 0.3) is 0 Å². The van der Waals surface area contributed by atoms with Crippen LogP contribution in [0.1, 0.15) is 51.2 Å². The summed E-state index contributed by atoms with van der Waals surface area (Å²) in [5.74, 6) is 0.0788. The lowest BCUT2D eigenvalue weighted by Crippen LogP contribution is -2.47. The predicted molar refractivity (Wildman–Crippen MR) is 87.6 cm³/mol. The first-order valence-electron chi connectivity index (χ1n) is 7.90. The molecule has 0 aliphatic heterocycles. The minimum atomic E-state index is 0.0788. The molecule has 1 aromatic carbocycles. The number of benzene rings is 1.